The number of hydrogen-bond donors (Lipinski definition) is 2. The summed E-state index contributed by atoms with van der Waals surface area (Å²) in [6, 6.07) is 4.43. The Morgan fingerprint density at radius 1 is 1.21 bits per heavy atom. The van der Waals surface area contributed by atoms with Crippen LogP contribution in [0.4, 0.5) is 14.9 Å². The van der Waals surface area contributed by atoms with Crippen LogP contribution in [0.5, 0.6) is 0 Å². The number of ether oxygens (including phenoxy) is 1. The van der Waals surface area contributed by atoms with Gasteiger partial charge in [0.05, 0.1) is 0 Å². The summed E-state index contributed by atoms with van der Waals surface area (Å²) in [5.74, 6) is -2.09. The van der Waals surface area contributed by atoms with Crippen molar-refractivity contribution < 1.29 is 28.3 Å². The van der Waals surface area contributed by atoms with Crippen molar-refractivity contribution >= 4 is 29.5 Å². The molecule has 4 amide bonds. The maximum absolute atomic E-state index is 12.9. The Morgan fingerprint density at radius 2 is 1.83 bits per heavy atom. The molecule has 0 aliphatic carbocycles. The van der Waals surface area contributed by atoms with Crippen LogP contribution in [-0.4, -0.2) is 46.9 Å². The van der Waals surface area contributed by atoms with Crippen LogP contribution < -0.4 is 10.6 Å². The minimum atomic E-state index is -1.17. The summed E-state index contributed by atoms with van der Waals surface area (Å²) in [4.78, 5) is 49.8. The van der Waals surface area contributed by atoms with Crippen molar-refractivity contribution in [2.45, 2.75) is 52.2 Å². The van der Waals surface area contributed by atoms with E-state index in [1.807, 2.05) is 13.8 Å². The Balaban J connectivity index is 1.90. The number of carbonyl (C=O) groups is 4. The third kappa shape index (κ3) is 5.75. The van der Waals surface area contributed by atoms with Gasteiger partial charge in [0, 0.05) is 5.69 Å². The van der Waals surface area contributed by atoms with E-state index in [-0.39, 0.29) is 0 Å². The van der Waals surface area contributed by atoms with E-state index in [1.165, 1.54) is 31.2 Å². The molecule has 0 unspecified atom stereocenters. The van der Waals surface area contributed by atoms with Crippen molar-refractivity contribution in [2.75, 3.05) is 11.9 Å². The third-order valence-corrected chi connectivity index (χ3v) is 4.64. The molecular formula is C20H26FN3O5. The molecule has 1 aliphatic rings. The smallest absolute Gasteiger partial charge is 0.327 e. The van der Waals surface area contributed by atoms with E-state index in [2.05, 4.69) is 10.6 Å². The summed E-state index contributed by atoms with van der Waals surface area (Å²) in [5, 5.41) is 5.11. The summed E-state index contributed by atoms with van der Waals surface area (Å²) in [7, 11) is 0. The lowest BCUT2D eigenvalue weighted by Crippen LogP contribution is -2.44. The first-order valence-corrected chi connectivity index (χ1v) is 9.42. The predicted molar refractivity (Wildman–Crippen MR) is 103 cm³/mol. The minimum absolute atomic E-state index is 0.342. The zero-order chi connectivity index (χ0) is 21.8. The number of nitrogens with zero attached hydrogens (tertiary/aromatic N) is 1. The molecule has 1 aromatic rings. The maximum Gasteiger partial charge on any atom is 0.327 e. The number of esters is 1. The van der Waals surface area contributed by atoms with Crippen molar-refractivity contribution in [3.05, 3.63) is 30.1 Å². The van der Waals surface area contributed by atoms with Gasteiger partial charge in [0.15, 0.2) is 6.10 Å². The van der Waals surface area contributed by atoms with Crippen molar-refractivity contribution in [3.8, 4) is 0 Å². The molecule has 158 valence electrons. The number of urea groups is 1. The summed E-state index contributed by atoms with van der Waals surface area (Å²) < 4.78 is 17.9. The molecule has 1 aliphatic heterocycles. The van der Waals surface area contributed by atoms with Crippen molar-refractivity contribution in [1.82, 2.24) is 10.2 Å². The van der Waals surface area contributed by atoms with Crippen LogP contribution in [0.1, 0.15) is 40.5 Å². The van der Waals surface area contributed by atoms with Crippen LogP contribution in [0.15, 0.2) is 24.3 Å². The quantitative estimate of drug-likeness (QED) is 0.509. The lowest BCUT2D eigenvalue weighted by molar-refractivity contribution is -0.155. The van der Waals surface area contributed by atoms with Crippen LogP contribution in [0.3, 0.4) is 0 Å². The topological polar surface area (TPSA) is 105 Å². The fourth-order valence-electron chi connectivity index (χ4n) is 2.83. The number of nitrogens with one attached hydrogen (secondary N) is 2. The van der Waals surface area contributed by atoms with E-state index in [9.17, 15) is 23.6 Å². The number of amides is 4. The second-order valence-electron chi connectivity index (χ2n) is 7.71. The number of hydrogen-bond acceptors (Lipinski definition) is 5. The molecule has 1 aromatic carbocycles. The Bertz CT molecular complexity index is 796. The first-order chi connectivity index (χ1) is 13.5. The van der Waals surface area contributed by atoms with Crippen LogP contribution in [0, 0.1) is 11.7 Å². The molecule has 9 heteroatoms. The maximum atomic E-state index is 12.9. The van der Waals surface area contributed by atoms with Gasteiger partial charge in [-0.3, -0.25) is 19.3 Å². The summed E-state index contributed by atoms with van der Waals surface area (Å²) in [5.41, 5.74) is -0.720. The second kappa shape index (κ2) is 9.02. The normalized spacial score (nSPS) is 19.9. The minimum Gasteiger partial charge on any atom is -0.451 e. The van der Waals surface area contributed by atoms with E-state index in [4.69, 9.17) is 4.74 Å². The van der Waals surface area contributed by atoms with Crippen LogP contribution >= 0.6 is 0 Å². The van der Waals surface area contributed by atoms with Crippen molar-refractivity contribution in [3.63, 3.8) is 0 Å². The van der Waals surface area contributed by atoms with Gasteiger partial charge in [-0.25, -0.2) is 9.18 Å². The summed E-state index contributed by atoms with van der Waals surface area (Å²) in [6.45, 7) is 6.42. The molecule has 0 radical (unpaired) electrons. The molecule has 0 spiro atoms. The number of imide groups is 1. The van der Waals surface area contributed by atoms with Gasteiger partial charge < -0.3 is 15.4 Å². The Labute approximate surface area is 168 Å². The van der Waals surface area contributed by atoms with Crippen LogP contribution in [-0.2, 0) is 19.1 Å². The molecular weight excluding hydrogens is 381 g/mol. The Hall–Kier alpha value is -2.97. The zero-order valence-electron chi connectivity index (χ0n) is 17.0. The van der Waals surface area contributed by atoms with E-state index in [0.717, 1.165) is 11.3 Å². The highest BCUT2D eigenvalue weighted by molar-refractivity contribution is 6.08. The first kappa shape index (κ1) is 22.3. The van der Waals surface area contributed by atoms with Crippen molar-refractivity contribution in [1.29, 1.82) is 0 Å². The van der Waals surface area contributed by atoms with Crippen molar-refractivity contribution in [2.24, 2.45) is 5.92 Å². The molecule has 0 bridgehead atoms. The van der Waals surface area contributed by atoms with Gasteiger partial charge in [0.25, 0.3) is 11.8 Å². The molecule has 0 saturated carbocycles. The van der Waals surface area contributed by atoms with E-state index in [0.29, 0.717) is 18.0 Å². The van der Waals surface area contributed by atoms with Gasteiger partial charge in [-0.2, -0.15) is 0 Å². The molecule has 2 atom stereocenters. The van der Waals surface area contributed by atoms with Gasteiger partial charge in [-0.1, -0.05) is 13.8 Å². The largest absolute Gasteiger partial charge is 0.451 e. The molecule has 29 heavy (non-hydrogen) atoms. The van der Waals surface area contributed by atoms with Gasteiger partial charge in [0.1, 0.15) is 17.9 Å². The Morgan fingerprint density at radius 3 is 2.41 bits per heavy atom. The Kier molecular flexibility index (Phi) is 6.94. The zero-order valence-corrected chi connectivity index (χ0v) is 17.0. The predicted octanol–water partition coefficient (Wildman–Crippen LogP) is 2.44. The van der Waals surface area contributed by atoms with Gasteiger partial charge in [-0.15, -0.1) is 0 Å². The molecule has 8 nitrogen and oxygen atoms in total. The van der Waals surface area contributed by atoms with Crippen LogP contribution in [0.25, 0.3) is 0 Å². The number of carbonyl (C=O) groups excluding carboxylic acids is 4. The highest BCUT2D eigenvalue weighted by Gasteiger charge is 2.48. The fourth-order valence-corrected chi connectivity index (χ4v) is 2.83. The number of halogens is 1. The average Bonchev–Trinajstić information content (AvgIpc) is 2.85. The summed E-state index contributed by atoms with van der Waals surface area (Å²) >= 11 is 0. The van der Waals surface area contributed by atoms with Crippen LogP contribution in [0.2, 0.25) is 0 Å². The molecule has 1 fully saturated rings. The second-order valence-corrected chi connectivity index (χ2v) is 7.71. The average molecular weight is 407 g/mol. The molecule has 2 rings (SSSR count). The third-order valence-electron chi connectivity index (χ3n) is 4.64. The lowest BCUT2D eigenvalue weighted by atomic mass is 9.92. The first-order valence-electron chi connectivity index (χ1n) is 9.42. The van der Waals surface area contributed by atoms with E-state index >= 15 is 0 Å². The van der Waals surface area contributed by atoms with Gasteiger partial charge in [0.2, 0.25) is 0 Å². The number of anilines is 1. The van der Waals surface area contributed by atoms with Gasteiger partial charge >= 0.3 is 12.0 Å². The number of benzene rings is 1. The SMILES string of the molecule is CC(C)CC[C@]1(C)NC(=O)N(CC(=O)O[C@H](C)C(=O)Nc2ccc(F)cc2)C1=O. The van der Waals surface area contributed by atoms with E-state index < -0.39 is 47.8 Å². The fraction of sp³-hybridized carbons (Fsp3) is 0.500. The standard InChI is InChI=1S/C20H26FN3O5/c1-12(2)9-10-20(4)18(27)24(19(28)23-20)11-16(25)29-13(3)17(26)22-15-7-5-14(21)6-8-15/h5-8,12-13H,9-11H2,1-4H3,(H,22,26)(H,23,28)/t13-,20+/m1/s1. The molecule has 1 heterocycles. The monoisotopic (exact) mass is 407 g/mol. The lowest BCUT2D eigenvalue weighted by Gasteiger charge is -2.22. The molecule has 1 saturated heterocycles. The number of rotatable bonds is 8. The highest BCUT2D eigenvalue weighted by atomic mass is 19.1. The van der Waals surface area contributed by atoms with E-state index in [1.54, 1.807) is 6.92 Å². The van der Waals surface area contributed by atoms with Gasteiger partial charge in [-0.05, 0) is 56.9 Å². The molecule has 0 aromatic heterocycles. The highest BCUT2D eigenvalue weighted by Crippen LogP contribution is 2.24. The summed E-state index contributed by atoms with van der Waals surface area (Å²) in [6.07, 6.45) is 0.0270. The molecule has 2 N–H and O–H groups in total.